The molecule has 4 rings (SSSR count). The summed E-state index contributed by atoms with van der Waals surface area (Å²) in [5, 5.41) is 0. The second-order valence-corrected chi connectivity index (χ2v) is 11.4. The summed E-state index contributed by atoms with van der Waals surface area (Å²) in [6.45, 7) is 3.52. The summed E-state index contributed by atoms with van der Waals surface area (Å²) < 4.78 is 55.0. The van der Waals surface area contributed by atoms with Crippen LogP contribution in [0.4, 0.5) is 0 Å². The van der Waals surface area contributed by atoms with Gasteiger partial charge in [0.2, 0.25) is 10.0 Å². The van der Waals surface area contributed by atoms with Crippen molar-refractivity contribution in [2.75, 3.05) is 13.1 Å². The van der Waals surface area contributed by atoms with Crippen LogP contribution >= 0.6 is 0 Å². The molecule has 9 heteroatoms. The monoisotopic (exact) mass is 447 g/mol. The number of piperidine rings is 1. The number of benzene rings is 2. The molecule has 30 heavy (non-hydrogen) atoms. The third kappa shape index (κ3) is 3.89. The molecule has 3 aromatic rings. The number of fused-ring (bicyclic) bond motifs is 1. The van der Waals surface area contributed by atoms with Crippen molar-refractivity contribution in [2.45, 2.75) is 48.3 Å². The summed E-state index contributed by atoms with van der Waals surface area (Å²) in [6.07, 6.45) is 2.78. The molecule has 0 saturated carbocycles. The number of hydrogen-bond acceptors (Lipinski definition) is 5. The first-order chi connectivity index (χ1) is 14.3. The Balaban J connectivity index is 1.72. The first-order valence-corrected chi connectivity index (χ1v) is 13.2. The summed E-state index contributed by atoms with van der Waals surface area (Å²) in [4.78, 5) is 4.96. The molecule has 0 N–H and O–H groups in total. The van der Waals surface area contributed by atoms with Crippen LogP contribution in [0.15, 0.2) is 58.3 Å². The number of imidazole rings is 1. The lowest BCUT2D eigenvalue weighted by atomic mass is 10.2. The van der Waals surface area contributed by atoms with Crippen molar-refractivity contribution in [3.63, 3.8) is 0 Å². The fraction of sp³-hybridized carbons (Fsp3) is 0.381. The molecule has 1 aliphatic heterocycles. The van der Waals surface area contributed by atoms with Gasteiger partial charge in [0, 0.05) is 19.6 Å². The van der Waals surface area contributed by atoms with Crippen molar-refractivity contribution < 1.29 is 16.8 Å². The average Bonchev–Trinajstić information content (AvgIpc) is 3.10. The van der Waals surface area contributed by atoms with Crippen LogP contribution in [0.3, 0.4) is 0 Å². The van der Waals surface area contributed by atoms with Crippen molar-refractivity contribution in [3.8, 4) is 0 Å². The molecule has 7 nitrogen and oxygen atoms in total. The van der Waals surface area contributed by atoms with Gasteiger partial charge in [0.15, 0.2) is 9.84 Å². The van der Waals surface area contributed by atoms with Crippen LogP contribution in [0.25, 0.3) is 11.0 Å². The Labute approximate surface area is 177 Å². The molecule has 0 atom stereocenters. The van der Waals surface area contributed by atoms with Crippen LogP contribution in [0, 0.1) is 0 Å². The van der Waals surface area contributed by atoms with Crippen LogP contribution in [0.2, 0.25) is 0 Å². The van der Waals surface area contributed by atoms with Gasteiger partial charge in [-0.2, -0.15) is 4.31 Å². The van der Waals surface area contributed by atoms with Gasteiger partial charge in [0.1, 0.15) is 11.6 Å². The second kappa shape index (κ2) is 8.13. The van der Waals surface area contributed by atoms with Crippen LogP contribution < -0.4 is 0 Å². The molecule has 0 spiro atoms. The molecule has 1 aromatic heterocycles. The van der Waals surface area contributed by atoms with E-state index in [9.17, 15) is 16.8 Å². The largest absolute Gasteiger partial charge is 0.327 e. The van der Waals surface area contributed by atoms with Gasteiger partial charge in [-0.1, -0.05) is 24.6 Å². The molecule has 2 heterocycles. The van der Waals surface area contributed by atoms with E-state index in [0.717, 1.165) is 24.8 Å². The predicted molar refractivity (Wildman–Crippen MR) is 115 cm³/mol. The number of rotatable bonds is 6. The van der Waals surface area contributed by atoms with Gasteiger partial charge in [-0.15, -0.1) is 0 Å². The number of sulfone groups is 1. The van der Waals surface area contributed by atoms with Crippen LogP contribution in [0.1, 0.15) is 32.0 Å². The van der Waals surface area contributed by atoms with E-state index in [1.54, 1.807) is 48.5 Å². The van der Waals surface area contributed by atoms with Gasteiger partial charge in [-0.05, 0) is 50.1 Å². The highest BCUT2D eigenvalue weighted by atomic mass is 32.2. The van der Waals surface area contributed by atoms with E-state index in [2.05, 4.69) is 4.98 Å². The van der Waals surface area contributed by atoms with Gasteiger partial charge in [-0.25, -0.2) is 21.8 Å². The first-order valence-electron chi connectivity index (χ1n) is 10.1. The SMILES string of the molecule is CCn1c(CS(=O)(=O)c2ccccc2)nc2cc(S(=O)(=O)N3CCCCC3)ccc21. The fourth-order valence-electron chi connectivity index (χ4n) is 3.92. The lowest BCUT2D eigenvalue weighted by Crippen LogP contribution is -2.35. The van der Waals surface area contributed by atoms with Gasteiger partial charge in [0.05, 0.1) is 20.8 Å². The maximum absolute atomic E-state index is 13.0. The summed E-state index contributed by atoms with van der Waals surface area (Å²) >= 11 is 0. The second-order valence-electron chi connectivity index (χ2n) is 7.46. The van der Waals surface area contributed by atoms with E-state index >= 15 is 0 Å². The summed E-state index contributed by atoms with van der Waals surface area (Å²) in [7, 11) is -7.14. The van der Waals surface area contributed by atoms with Crippen LogP contribution in [-0.4, -0.2) is 43.8 Å². The van der Waals surface area contributed by atoms with E-state index < -0.39 is 19.9 Å². The van der Waals surface area contributed by atoms with Crippen molar-refractivity contribution >= 4 is 30.9 Å². The van der Waals surface area contributed by atoms with Crippen molar-refractivity contribution in [1.82, 2.24) is 13.9 Å². The maximum atomic E-state index is 13.0. The minimum Gasteiger partial charge on any atom is -0.327 e. The zero-order valence-corrected chi connectivity index (χ0v) is 18.5. The molecule has 0 unspecified atom stereocenters. The molecule has 1 aliphatic rings. The van der Waals surface area contributed by atoms with E-state index in [0.29, 0.717) is 31.0 Å². The summed E-state index contributed by atoms with van der Waals surface area (Å²) in [6, 6.07) is 13.2. The number of sulfonamides is 1. The Kier molecular flexibility index (Phi) is 5.69. The molecule has 2 aromatic carbocycles. The quantitative estimate of drug-likeness (QED) is 0.579. The molecule has 0 bridgehead atoms. The molecule has 160 valence electrons. The third-order valence-corrected chi connectivity index (χ3v) is 9.01. The first kappa shape index (κ1) is 21.0. The molecular formula is C21H25N3O4S2. The zero-order chi connectivity index (χ0) is 21.4. The maximum Gasteiger partial charge on any atom is 0.243 e. The van der Waals surface area contributed by atoms with Crippen molar-refractivity contribution in [2.24, 2.45) is 0 Å². The third-order valence-electron chi connectivity index (χ3n) is 5.49. The van der Waals surface area contributed by atoms with Crippen LogP contribution in [0.5, 0.6) is 0 Å². The molecule has 1 fully saturated rings. The molecule has 0 radical (unpaired) electrons. The van der Waals surface area contributed by atoms with Crippen molar-refractivity contribution in [3.05, 3.63) is 54.4 Å². The number of aromatic nitrogens is 2. The van der Waals surface area contributed by atoms with Gasteiger partial charge < -0.3 is 4.57 Å². The topological polar surface area (TPSA) is 89.3 Å². The predicted octanol–water partition coefficient (Wildman–Crippen LogP) is 3.20. The normalized spacial score (nSPS) is 16.2. The molecule has 1 saturated heterocycles. The lowest BCUT2D eigenvalue weighted by Gasteiger charge is -2.25. The Hall–Kier alpha value is -2.23. The zero-order valence-electron chi connectivity index (χ0n) is 16.9. The highest BCUT2D eigenvalue weighted by molar-refractivity contribution is 7.90. The van der Waals surface area contributed by atoms with E-state index in [-0.39, 0.29) is 15.5 Å². The fourth-order valence-corrected chi connectivity index (χ4v) is 6.75. The van der Waals surface area contributed by atoms with Gasteiger partial charge in [0.25, 0.3) is 0 Å². The van der Waals surface area contributed by atoms with E-state index in [1.165, 1.54) is 4.31 Å². The molecule has 0 amide bonds. The summed E-state index contributed by atoms with van der Waals surface area (Å²) in [5.74, 6) is 0.164. The summed E-state index contributed by atoms with van der Waals surface area (Å²) in [5.41, 5.74) is 1.22. The lowest BCUT2D eigenvalue weighted by molar-refractivity contribution is 0.346. The Morgan fingerprint density at radius 3 is 2.27 bits per heavy atom. The average molecular weight is 448 g/mol. The van der Waals surface area contributed by atoms with E-state index in [1.807, 2.05) is 11.5 Å². The number of aryl methyl sites for hydroxylation is 1. The highest BCUT2D eigenvalue weighted by Gasteiger charge is 2.27. The Bertz CT molecular complexity index is 1260. The van der Waals surface area contributed by atoms with Crippen molar-refractivity contribution in [1.29, 1.82) is 0 Å². The highest BCUT2D eigenvalue weighted by Crippen LogP contribution is 2.26. The van der Waals surface area contributed by atoms with Gasteiger partial charge in [-0.3, -0.25) is 0 Å². The Morgan fingerprint density at radius 1 is 0.900 bits per heavy atom. The van der Waals surface area contributed by atoms with E-state index in [4.69, 9.17) is 0 Å². The molecule has 0 aliphatic carbocycles. The number of hydrogen-bond donors (Lipinski definition) is 0. The molecular weight excluding hydrogens is 422 g/mol. The Morgan fingerprint density at radius 2 is 1.60 bits per heavy atom. The minimum absolute atomic E-state index is 0.204. The van der Waals surface area contributed by atoms with Crippen LogP contribution in [-0.2, 0) is 32.2 Å². The smallest absolute Gasteiger partial charge is 0.243 e. The standard InChI is InChI=1S/C21H25N3O4S2/c1-2-24-20-12-11-18(30(27,28)23-13-7-4-8-14-23)15-19(20)22-21(24)16-29(25,26)17-9-5-3-6-10-17/h3,5-6,9-12,15H,2,4,7-8,13-14,16H2,1H3. The minimum atomic E-state index is -3.58. The number of nitrogens with zero attached hydrogens (tertiary/aromatic N) is 3. The van der Waals surface area contributed by atoms with Gasteiger partial charge >= 0.3 is 0 Å².